The molecule has 0 aliphatic carbocycles. The van der Waals surface area contributed by atoms with Gasteiger partial charge in [-0.15, -0.1) is 0 Å². The first-order valence-electron chi connectivity index (χ1n) is 8.04. The van der Waals surface area contributed by atoms with Crippen molar-refractivity contribution in [3.63, 3.8) is 0 Å². The number of aryl methyl sites for hydroxylation is 1. The summed E-state index contributed by atoms with van der Waals surface area (Å²) in [5.74, 6) is 1.37. The zero-order valence-electron chi connectivity index (χ0n) is 14.3. The zero-order valence-corrected chi connectivity index (χ0v) is 14.3. The van der Waals surface area contributed by atoms with Crippen LogP contribution in [0.5, 0.6) is 17.2 Å². The van der Waals surface area contributed by atoms with E-state index >= 15 is 0 Å². The molecular formula is C20H20O5. The van der Waals surface area contributed by atoms with Crippen LogP contribution in [0.2, 0.25) is 0 Å². The Hall–Kier alpha value is -2.95. The van der Waals surface area contributed by atoms with Crippen LogP contribution in [0.4, 0.5) is 0 Å². The highest BCUT2D eigenvalue weighted by atomic mass is 16.6. The van der Waals surface area contributed by atoms with Crippen molar-refractivity contribution in [2.75, 3.05) is 20.3 Å². The summed E-state index contributed by atoms with van der Waals surface area (Å²) < 4.78 is 21.7. The summed E-state index contributed by atoms with van der Waals surface area (Å²) >= 11 is 0. The highest BCUT2D eigenvalue weighted by Gasteiger charge is 2.17. The van der Waals surface area contributed by atoms with E-state index in [9.17, 15) is 4.79 Å². The van der Waals surface area contributed by atoms with Gasteiger partial charge in [-0.3, -0.25) is 0 Å². The molecule has 0 radical (unpaired) electrons. The van der Waals surface area contributed by atoms with Crippen molar-refractivity contribution in [3.8, 4) is 17.2 Å². The number of rotatable bonds is 5. The lowest BCUT2D eigenvalue weighted by Gasteiger charge is -2.20. The van der Waals surface area contributed by atoms with Gasteiger partial charge in [0.1, 0.15) is 19.8 Å². The van der Waals surface area contributed by atoms with Crippen LogP contribution in [0, 0.1) is 6.92 Å². The SMILES string of the molecule is COc1cc(/C=C/C(=O)OCc2ccc(C)cc2)cc2c1OCCO2. The molecule has 0 fully saturated rings. The smallest absolute Gasteiger partial charge is 0.331 e. The number of ether oxygens (including phenoxy) is 4. The lowest BCUT2D eigenvalue weighted by atomic mass is 10.1. The number of hydrogen-bond donors (Lipinski definition) is 0. The van der Waals surface area contributed by atoms with Gasteiger partial charge in [-0.1, -0.05) is 29.8 Å². The minimum atomic E-state index is -0.408. The zero-order chi connectivity index (χ0) is 17.6. The van der Waals surface area contributed by atoms with Gasteiger partial charge in [0.25, 0.3) is 0 Å². The molecule has 0 amide bonds. The lowest BCUT2D eigenvalue weighted by Crippen LogP contribution is -2.16. The molecule has 0 unspecified atom stereocenters. The summed E-state index contributed by atoms with van der Waals surface area (Å²) in [6, 6.07) is 11.5. The van der Waals surface area contributed by atoms with Crippen LogP contribution >= 0.6 is 0 Å². The van der Waals surface area contributed by atoms with Crippen LogP contribution < -0.4 is 14.2 Å². The van der Waals surface area contributed by atoms with Gasteiger partial charge in [0.05, 0.1) is 7.11 Å². The second kappa shape index (κ2) is 7.75. The topological polar surface area (TPSA) is 54.0 Å². The monoisotopic (exact) mass is 340 g/mol. The first kappa shape index (κ1) is 16.9. The third-order valence-electron chi connectivity index (χ3n) is 3.76. The van der Waals surface area contributed by atoms with Crippen molar-refractivity contribution in [2.24, 2.45) is 0 Å². The second-order valence-electron chi connectivity index (χ2n) is 5.67. The molecule has 2 aromatic carbocycles. The fourth-order valence-electron chi connectivity index (χ4n) is 2.44. The molecular weight excluding hydrogens is 320 g/mol. The number of carbonyl (C=O) groups excluding carboxylic acids is 1. The molecule has 5 nitrogen and oxygen atoms in total. The summed E-state index contributed by atoms with van der Waals surface area (Å²) in [5.41, 5.74) is 2.89. The van der Waals surface area contributed by atoms with E-state index < -0.39 is 5.97 Å². The maximum Gasteiger partial charge on any atom is 0.331 e. The molecule has 0 aromatic heterocycles. The molecule has 5 heteroatoms. The van der Waals surface area contributed by atoms with E-state index in [1.807, 2.05) is 31.2 Å². The van der Waals surface area contributed by atoms with Crippen molar-refractivity contribution in [3.05, 3.63) is 59.2 Å². The van der Waals surface area contributed by atoms with Gasteiger partial charge < -0.3 is 18.9 Å². The highest BCUT2D eigenvalue weighted by Crippen LogP contribution is 2.40. The van der Waals surface area contributed by atoms with Crippen molar-refractivity contribution >= 4 is 12.0 Å². The van der Waals surface area contributed by atoms with Gasteiger partial charge >= 0.3 is 5.97 Å². The molecule has 0 saturated heterocycles. The Labute approximate surface area is 146 Å². The Kier molecular flexibility index (Phi) is 5.23. The number of methoxy groups -OCH3 is 1. The van der Waals surface area contributed by atoms with Crippen molar-refractivity contribution in [1.82, 2.24) is 0 Å². The summed E-state index contributed by atoms with van der Waals surface area (Å²) in [6.45, 7) is 3.24. The van der Waals surface area contributed by atoms with Gasteiger partial charge in [-0.05, 0) is 36.3 Å². The van der Waals surface area contributed by atoms with Gasteiger partial charge in [-0.2, -0.15) is 0 Å². The van der Waals surface area contributed by atoms with Crippen molar-refractivity contribution < 1.29 is 23.7 Å². The summed E-state index contributed by atoms with van der Waals surface area (Å²) in [7, 11) is 1.57. The molecule has 0 atom stereocenters. The molecule has 25 heavy (non-hydrogen) atoms. The number of esters is 1. The maximum absolute atomic E-state index is 11.9. The van der Waals surface area contributed by atoms with Gasteiger partial charge in [0.15, 0.2) is 11.5 Å². The largest absolute Gasteiger partial charge is 0.493 e. The average molecular weight is 340 g/mol. The van der Waals surface area contributed by atoms with Crippen LogP contribution in [-0.2, 0) is 16.1 Å². The first-order chi connectivity index (χ1) is 12.2. The number of hydrogen-bond acceptors (Lipinski definition) is 5. The number of carbonyl (C=O) groups is 1. The minimum Gasteiger partial charge on any atom is -0.493 e. The molecule has 1 aliphatic rings. The lowest BCUT2D eigenvalue weighted by molar-refractivity contribution is -0.138. The maximum atomic E-state index is 11.9. The molecule has 0 N–H and O–H groups in total. The van der Waals surface area contributed by atoms with Gasteiger partial charge in [-0.25, -0.2) is 4.79 Å². The van der Waals surface area contributed by atoms with E-state index in [0.717, 1.165) is 11.1 Å². The Morgan fingerprint density at radius 3 is 2.68 bits per heavy atom. The Balaban J connectivity index is 1.64. The molecule has 130 valence electrons. The van der Waals surface area contributed by atoms with Crippen LogP contribution in [0.1, 0.15) is 16.7 Å². The molecule has 3 rings (SSSR count). The fourth-order valence-corrected chi connectivity index (χ4v) is 2.44. The van der Waals surface area contributed by atoms with Crippen LogP contribution in [0.25, 0.3) is 6.08 Å². The van der Waals surface area contributed by atoms with Gasteiger partial charge in [0, 0.05) is 6.08 Å². The molecule has 0 spiro atoms. The molecule has 2 aromatic rings. The predicted octanol–water partition coefficient (Wildman–Crippen LogP) is 3.53. The molecule has 1 heterocycles. The average Bonchev–Trinajstić information content (AvgIpc) is 2.65. The third kappa shape index (κ3) is 4.32. The fraction of sp³-hybridized carbons (Fsp3) is 0.250. The van der Waals surface area contributed by atoms with E-state index in [-0.39, 0.29) is 6.61 Å². The van der Waals surface area contributed by atoms with Crippen molar-refractivity contribution in [1.29, 1.82) is 0 Å². The van der Waals surface area contributed by atoms with E-state index in [1.54, 1.807) is 25.3 Å². The predicted molar refractivity (Wildman–Crippen MR) is 94.0 cm³/mol. The number of benzene rings is 2. The molecule has 1 aliphatic heterocycles. The second-order valence-corrected chi connectivity index (χ2v) is 5.67. The van der Waals surface area contributed by atoms with E-state index in [0.29, 0.717) is 30.5 Å². The summed E-state index contributed by atoms with van der Waals surface area (Å²) in [4.78, 5) is 11.9. The summed E-state index contributed by atoms with van der Waals surface area (Å²) in [5, 5.41) is 0. The van der Waals surface area contributed by atoms with E-state index in [2.05, 4.69) is 0 Å². The number of fused-ring (bicyclic) bond motifs is 1. The summed E-state index contributed by atoms with van der Waals surface area (Å²) in [6.07, 6.45) is 3.05. The standard InChI is InChI=1S/C20H20O5/c1-14-3-5-15(6-4-14)13-25-19(21)8-7-16-11-17(22-2)20-18(12-16)23-9-10-24-20/h3-8,11-12H,9-10,13H2,1-2H3/b8-7+. The normalized spacial score (nSPS) is 12.9. The third-order valence-corrected chi connectivity index (χ3v) is 3.76. The van der Waals surface area contributed by atoms with E-state index in [4.69, 9.17) is 18.9 Å². The van der Waals surface area contributed by atoms with Crippen LogP contribution in [0.15, 0.2) is 42.5 Å². The van der Waals surface area contributed by atoms with E-state index in [1.165, 1.54) is 11.6 Å². The minimum absolute atomic E-state index is 0.244. The Morgan fingerprint density at radius 1 is 1.16 bits per heavy atom. The van der Waals surface area contributed by atoms with Crippen LogP contribution in [0.3, 0.4) is 0 Å². The quantitative estimate of drug-likeness (QED) is 0.616. The van der Waals surface area contributed by atoms with Crippen LogP contribution in [-0.4, -0.2) is 26.3 Å². The highest BCUT2D eigenvalue weighted by molar-refractivity contribution is 5.87. The Morgan fingerprint density at radius 2 is 1.92 bits per heavy atom. The molecule has 0 bridgehead atoms. The Bertz CT molecular complexity index is 760. The van der Waals surface area contributed by atoms with Gasteiger partial charge in [0.2, 0.25) is 5.75 Å². The first-order valence-corrected chi connectivity index (χ1v) is 8.04. The molecule has 0 saturated carbocycles. The van der Waals surface area contributed by atoms with Crippen molar-refractivity contribution in [2.45, 2.75) is 13.5 Å².